The number of hydrogen-bond acceptors (Lipinski definition) is 1. The van der Waals surface area contributed by atoms with E-state index in [4.69, 9.17) is 0 Å². The highest BCUT2D eigenvalue weighted by Gasteiger charge is 2.32. The lowest BCUT2D eigenvalue weighted by molar-refractivity contribution is 0.183. The molecule has 0 bridgehead atoms. The van der Waals surface area contributed by atoms with E-state index in [-0.39, 0.29) is 11.5 Å². The molecule has 0 radical (unpaired) electrons. The van der Waals surface area contributed by atoms with Crippen LogP contribution in [0.3, 0.4) is 0 Å². The van der Waals surface area contributed by atoms with Crippen molar-refractivity contribution in [2.24, 2.45) is 5.41 Å². The van der Waals surface area contributed by atoms with Gasteiger partial charge in [-0.1, -0.05) is 39.6 Å². The van der Waals surface area contributed by atoms with Gasteiger partial charge >= 0.3 is 0 Å². The quantitative estimate of drug-likeness (QED) is 0.534. The molecular weight excluding hydrogens is 176 g/mol. The normalized spacial score (nSPS) is 27.5. The average molecular weight is 198 g/mol. The number of allylic oxidation sites excluding steroid dienone is 1. The van der Waals surface area contributed by atoms with E-state index >= 15 is 0 Å². The molecule has 0 aromatic carbocycles. The smallest absolute Gasteiger partial charge is 0.0755 e. The van der Waals surface area contributed by atoms with Crippen LogP contribution in [0.5, 0.6) is 0 Å². The second kappa shape index (κ2) is 3.25. The van der Waals surface area contributed by atoms with Crippen LogP contribution in [-0.4, -0.2) is 19.3 Å². The van der Waals surface area contributed by atoms with Gasteiger partial charge in [-0.3, -0.25) is 0 Å². The Bertz CT molecular complexity index is 223. The number of aliphatic hydroxyl groups excluding tert-OH is 1. The number of aliphatic hydroxyl groups is 1. The summed E-state index contributed by atoms with van der Waals surface area (Å²) in [7, 11) is -1.05. The Morgan fingerprint density at radius 1 is 1.46 bits per heavy atom. The monoisotopic (exact) mass is 198 g/mol. The Kier molecular flexibility index (Phi) is 2.75. The van der Waals surface area contributed by atoms with Crippen molar-refractivity contribution in [2.45, 2.75) is 52.1 Å². The second-order valence-corrected chi connectivity index (χ2v) is 11.6. The minimum Gasteiger partial charge on any atom is -0.389 e. The molecule has 0 heterocycles. The van der Waals surface area contributed by atoms with Crippen molar-refractivity contribution in [3.8, 4) is 0 Å². The van der Waals surface area contributed by atoms with E-state index in [1.54, 1.807) is 0 Å². The van der Waals surface area contributed by atoms with Gasteiger partial charge in [0.05, 0.1) is 6.10 Å². The summed E-state index contributed by atoms with van der Waals surface area (Å²) < 4.78 is 0. The van der Waals surface area contributed by atoms with Crippen LogP contribution >= 0.6 is 0 Å². The van der Waals surface area contributed by atoms with Crippen molar-refractivity contribution < 1.29 is 5.11 Å². The molecule has 1 N–H and O–H groups in total. The molecule has 1 atom stereocenters. The van der Waals surface area contributed by atoms with Crippen LogP contribution in [0, 0.1) is 5.41 Å². The van der Waals surface area contributed by atoms with E-state index in [2.05, 4.69) is 39.6 Å². The van der Waals surface area contributed by atoms with Gasteiger partial charge in [0.15, 0.2) is 0 Å². The molecule has 1 aliphatic rings. The molecule has 0 aromatic rings. The molecule has 0 amide bonds. The van der Waals surface area contributed by atoms with Gasteiger partial charge in [-0.25, -0.2) is 0 Å². The number of rotatable bonds is 2. The van der Waals surface area contributed by atoms with E-state index in [1.165, 1.54) is 5.57 Å². The van der Waals surface area contributed by atoms with Crippen molar-refractivity contribution in [2.75, 3.05) is 0 Å². The first-order chi connectivity index (χ1) is 5.70. The van der Waals surface area contributed by atoms with Crippen molar-refractivity contribution in [3.05, 3.63) is 11.6 Å². The fourth-order valence-electron chi connectivity index (χ4n) is 2.07. The molecule has 13 heavy (non-hydrogen) atoms. The Morgan fingerprint density at radius 3 is 2.31 bits per heavy atom. The Hall–Kier alpha value is -0.0831. The van der Waals surface area contributed by atoms with Gasteiger partial charge < -0.3 is 5.11 Å². The third kappa shape index (κ3) is 3.28. The van der Waals surface area contributed by atoms with E-state index in [0.717, 1.165) is 12.5 Å². The molecule has 0 unspecified atom stereocenters. The zero-order valence-electron chi connectivity index (χ0n) is 9.52. The molecule has 0 aromatic heterocycles. The Morgan fingerprint density at radius 2 is 2.00 bits per heavy atom. The van der Waals surface area contributed by atoms with Crippen LogP contribution in [-0.2, 0) is 0 Å². The molecule has 1 rings (SSSR count). The standard InChI is InChI=1S/C11H22OSi/c1-11(2)6-9(10(12)7-11)8-13(3,4)5/h6,10,12H,7-8H2,1-5H3/t10-/m0/s1. The largest absolute Gasteiger partial charge is 0.389 e. The van der Waals surface area contributed by atoms with Crippen molar-refractivity contribution in [1.29, 1.82) is 0 Å². The van der Waals surface area contributed by atoms with E-state index in [1.807, 2.05) is 0 Å². The predicted molar refractivity (Wildman–Crippen MR) is 60.6 cm³/mol. The summed E-state index contributed by atoms with van der Waals surface area (Å²) in [5, 5.41) is 9.84. The highest BCUT2D eigenvalue weighted by atomic mass is 28.3. The summed E-state index contributed by atoms with van der Waals surface area (Å²) in [6, 6.07) is 1.15. The summed E-state index contributed by atoms with van der Waals surface area (Å²) in [5.74, 6) is 0. The maximum Gasteiger partial charge on any atom is 0.0755 e. The summed E-state index contributed by atoms with van der Waals surface area (Å²) in [4.78, 5) is 0. The lowest BCUT2D eigenvalue weighted by atomic mass is 9.93. The molecule has 0 saturated carbocycles. The van der Waals surface area contributed by atoms with Crippen molar-refractivity contribution in [1.82, 2.24) is 0 Å². The van der Waals surface area contributed by atoms with Crippen LogP contribution in [0.15, 0.2) is 11.6 Å². The Balaban J connectivity index is 2.71. The van der Waals surface area contributed by atoms with Gasteiger partial charge in [0.1, 0.15) is 0 Å². The number of hydrogen-bond donors (Lipinski definition) is 1. The molecule has 0 fully saturated rings. The SMILES string of the molecule is CC1(C)C=C(C[Si](C)(C)C)[C@@H](O)C1. The van der Waals surface area contributed by atoms with Crippen molar-refractivity contribution >= 4 is 8.07 Å². The van der Waals surface area contributed by atoms with Crippen LogP contribution in [0.2, 0.25) is 25.7 Å². The summed E-state index contributed by atoms with van der Waals surface area (Å²) in [6.07, 6.45) is 3.03. The fourth-order valence-corrected chi connectivity index (χ4v) is 3.63. The Labute approximate surface area is 82.9 Å². The van der Waals surface area contributed by atoms with Gasteiger partial charge in [-0.05, 0) is 23.5 Å². The second-order valence-electron chi connectivity index (χ2n) is 6.17. The fraction of sp³-hybridized carbons (Fsp3) is 0.818. The topological polar surface area (TPSA) is 20.2 Å². The van der Waals surface area contributed by atoms with Gasteiger partial charge in [0, 0.05) is 8.07 Å². The third-order valence-electron chi connectivity index (χ3n) is 2.46. The molecule has 1 aliphatic carbocycles. The molecular formula is C11H22OSi. The van der Waals surface area contributed by atoms with Gasteiger partial charge in [-0.2, -0.15) is 0 Å². The van der Waals surface area contributed by atoms with Crippen LogP contribution in [0.1, 0.15) is 20.3 Å². The van der Waals surface area contributed by atoms with Gasteiger partial charge in [-0.15, -0.1) is 0 Å². The highest BCUT2D eigenvalue weighted by Crippen LogP contribution is 2.38. The average Bonchev–Trinajstić information content (AvgIpc) is 2.00. The minimum atomic E-state index is -1.05. The molecule has 2 heteroatoms. The van der Waals surface area contributed by atoms with Gasteiger partial charge in [0.2, 0.25) is 0 Å². The first-order valence-electron chi connectivity index (χ1n) is 5.09. The van der Waals surface area contributed by atoms with Crippen LogP contribution in [0.25, 0.3) is 0 Å². The van der Waals surface area contributed by atoms with Crippen LogP contribution < -0.4 is 0 Å². The minimum absolute atomic E-state index is 0.165. The molecule has 0 spiro atoms. The van der Waals surface area contributed by atoms with E-state index in [9.17, 15) is 5.11 Å². The highest BCUT2D eigenvalue weighted by molar-refractivity contribution is 6.76. The molecule has 0 saturated heterocycles. The zero-order valence-corrected chi connectivity index (χ0v) is 10.5. The first kappa shape index (κ1) is 11.0. The van der Waals surface area contributed by atoms with Crippen molar-refractivity contribution in [3.63, 3.8) is 0 Å². The van der Waals surface area contributed by atoms with E-state index in [0.29, 0.717) is 0 Å². The predicted octanol–water partition coefficient (Wildman–Crippen LogP) is 3.04. The zero-order chi connectivity index (χ0) is 10.3. The van der Waals surface area contributed by atoms with E-state index < -0.39 is 8.07 Å². The van der Waals surface area contributed by atoms with Gasteiger partial charge in [0.25, 0.3) is 0 Å². The summed E-state index contributed by atoms with van der Waals surface area (Å²) >= 11 is 0. The first-order valence-corrected chi connectivity index (χ1v) is 8.80. The third-order valence-corrected chi connectivity index (χ3v) is 3.93. The van der Waals surface area contributed by atoms with Crippen LogP contribution in [0.4, 0.5) is 0 Å². The maximum absolute atomic E-state index is 9.84. The summed E-state index contributed by atoms with van der Waals surface area (Å²) in [5.41, 5.74) is 1.51. The maximum atomic E-state index is 9.84. The lowest BCUT2D eigenvalue weighted by Crippen LogP contribution is -2.22. The molecule has 0 aliphatic heterocycles. The summed E-state index contributed by atoms with van der Waals surface area (Å²) in [6.45, 7) is 11.5. The molecule has 76 valence electrons. The molecule has 1 nitrogen and oxygen atoms in total. The lowest BCUT2D eigenvalue weighted by Gasteiger charge is -2.18.